The van der Waals surface area contributed by atoms with Crippen LogP contribution in [-0.4, -0.2) is 15.0 Å². The van der Waals surface area contributed by atoms with Crippen molar-refractivity contribution >= 4 is 33.0 Å². The van der Waals surface area contributed by atoms with Gasteiger partial charge in [0, 0.05) is 49.5 Å². The minimum atomic E-state index is 0. The number of oxazole rings is 1. The first-order chi connectivity index (χ1) is 23.7. The quantitative estimate of drug-likeness (QED) is 0.156. The zero-order chi connectivity index (χ0) is 34.1. The molecule has 0 spiro atoms. The van der Waals surface area contributed by atoms with E-state index in [0.717, 1.165) is 61.1 Å². The van der Waals surface area contributed by atoms with Crippen LogP contribution in [0.1, 0.15) is 76.0 Å². The van der Waals surface area contributed by atoms with Gasteiger partial charge in [-0.05, 0) is 59.5 Å². The summed E-state index contributed by atoms with van der Waals surface area (Å²) in [6.07, 6.45) is 3.74. The van der Waals surface area contributed by atoms with Crippen molar-refractivity contribution in [3.63, 3.8) is 0 Å². The summed E-state index contributed by atoms with van der Waals surface area (Å²) in [6, 6.07) is 39.2. The van der Waals surface area contributed by atoms with E-state index in [1.54, 1.807) is 0 Å². The fraction of sp³-hybridized carbons (Fsp3) is 0.205. The largest absolute Gasteiger partial charge is 0.501 e. The van der Waals surface area contributed by atoms with E-state index in [4.69, 9.17) is 8.83 Å². The van der Waals surface area contributed by atoms with Crippen LogP contribution in [0.15, 0.2) is 118 Å². The number of nitrogens with zero attached hydrogens (tertiary/aromatic N) is 3. The van der Waals surface area contributed by atoms with Crippen LogP contribution in [0.5, 0.6) is 0 Å². The van der Waals surface area contributed by atoms with E-state index in [-0.39, 0.29) is 20.1 Å². The van der Waals surface area contributed by atoms with Crippen LogP contribution in [-0.2, 0) is 20.1 Å². The minimum absolute atomic E-state index is 0. The van der Waals surface area contributed by atoms with E-state index in [1.165, 1.54) is 16.7 Å². The zero-order valence-corrected chi connectivity index (χ0v) is 31.5. The Labute approximate surface area is 307 Å². The molecule has 0 unspecified atom stereocenters. The Balaban J connectivity index is 0.000000196. The van der Waals surface area contributed by atoms with Gasteiger partial charge in [-0.1, -0.05) is 94.0 Å². The third-order valence-corrected chi connectivity index (χ3v) is 8.89. The Morgan fingerprint density at radius 3 is 1.92 bits per heavy atom. The maximum atomic E-state index is 6.31. The summed E-state index contributed by atoms with van der Waals surface area (Å²) in [7, 11) is 0. The van der Waals surface area contributed by atoms with E-state index >= 15 is 0 Å². The van der Waals surface area contributed by atoms with Crippen molar-refractivity contribution in [1.82, 2.24) is 15.0 Å². The third kappa shape index (κ3) is 7.19. The maximum Gasteiger partial charge on any atom is 0.227 e. The normalized spacial score (nSPS) is 11.4. The molecule has 4 aromatic carbocycles. The molecule has 0 bridgehead atoms. The van der Waals surface area contributed by atoms with E-state index in [2.05, 4.69) is 105 Å². The molecular formula is C44H39IrN3O2-2. The van der Waals surface area contributed by atoms with Crippen molar-refractivity contribution in [2.24, 2.45) is 0 Å². The Bertz CT molecular complexity index is 2340. The van der Waals surface area contributed by atoms with E-state index < -0.39 is 0 Å². The Morgan fingerprint density at radius 1 is 0.580 bits per heavy atom. The van der Waals surface area contributed by atoms with Crippen molar-refractivity contribution in [2.45, 2.75) is 59.3 Å². The van der Waals surface area contributed by atoms with Gasteiger partial charge in [0.2, 0.25) is 5.89 Å². The molecule has 0 amide bonds. The van der Waals surface area contributed by atoms with Gasteiger partial charge in [0.05, 0.1) is 5.58 Å². The molecule has 0 N–H and O–H groups in total. The molecule has 5 nitrogen and oxygen atoms in total. The number of aromatic nitrogens is 3. The molecule has 0 atom stereocenters. The predicted molar refractivity (Wildman–Crippen MR) is 200 cm³/mol. The fourth-order valence-electron chi connectivity index (χ4n) is 5.94. The molecule has 8 rings (SSSR count). The molecule has 253 valence electrons. The van der Waals surface area contributed by atoms with Gasteiger partial charge in [0.15, 0.2) is 5.58 Å². The molecule has 0 fully saturated rings. The molecule has 4 heterocycles. The molecule has 8 aromatic rings. The number of hydrogen-bond acceptors (Lipinski definition) is 5. The van der Waals surface area contributed by atoms with Gasteiger partial charge in [-0.25, -0.2) is 4.98 Å². The van der Waals surface area contributed by atoms with Crippen molar-refractivity contribution in [3.05, 3.63) is 138 Å². The Hall–Kier alpha value is -4.90. The second-order valence-corrected chi connectivity index (χ2v) is 13.3. The smallest absolute Gasteiger partial charge is 0.227 e. The topological polar surface area (TPSA) is 65.0 Å². The number of furan rings is 1. The van der Waals surface area contributed by atoms with Crippen LogP contribution >= 0.6 is 0 Å². The van der Waals surface area contributed by atoms with E-state index in [0.29, 0.717) is 23.6 Å². The Morgan fingerprint density at radius 2 is 1.22 bits per heavy atom. The first-order valence-corrected chi connectivity index (χ1v) is 16.9. The second kappa shape index (κ2) is 14.9. The van der Waals surface area contributed by atoms with Gasteiger partial charge in [-0.2, -0.15) is 0 Å². The SMILES string of the molecule is CC(C)c1cc[c-]c(-c2cc(C(C)C)ccn2)c1.CC(C)c1ccnc(-c2[c-]ccc3c2oc2cc4nc(-c5ccccc5)oc4cc23)c1.[Ir]. The van der Waals surface area contributed by atoms with Gasteiger partial charge in [0.1, 0.15) is 11.1 Å². The molecular weight excluding hydrogens is 795 g/mol. The van der Waals surface area contributed by atoms with Crippen LogP contribution < -0.4 is 0 Å². The average molecular weight is 834 g/mol. The monoisotopic (exact) mass is 834 g/mol. The molecule has 0 aliphatic heterocycles. The van der Waals surface area contributed by atoms with Crippen molar-refractivity contribution in [3.8, 4) is 34.0 Å². The molecule has 1 radical (unpaired) electrons. The average Bonchev–Trinajstić information content (AvgIpc) is 3.72. The van der Waals surface area contributed by atoms with E-state index in [9.17, 15) is 0 Å². The molecule has 6 heteroatoms. The van der Waals surface area contributed by atoms with Gasteiger partial charge >= 0.3 is 0 Å². The van der Waals surface area contributed by atoms with Gasteiger partial charge in [0.25, 0.3) is 0 Å². The molecule has 0 aliphatic rings. The van der Waals surface area contributed by atoms with Crippen LogP contribution in [0, 0.1) is 12.1 Å². The van der Waals surface area contributed by atoms with Crippen molar-refractivity contribution in [2.75, 3.05) is 0 Å². The third-order valence-electron chi connectivity index (χ3n) is 8.89. The van der Waals surface area contributed by atoms with Crippen LogP contribution in [0.25, 0.3) is 67.0 Å². The first kappa shape index (κ1) is 34.9. The predicted octanol–water partition coefficient (Wildman–Crippen LogP) is 12.2. The number of rotatable bonds is 6. The van der Waals surface area contributed by atoms with Crippen LogP contribution in [0.3, 0.4) is 0 Å². The van der Waals surface area contributed by atoms with Crippen LogP contribution in [0.2, 0.25) is 0 Å². The number of fused-ring (bicyclic) bond motifs is 4. The maximum absolute atomic E-state index is 6.31. The number of hydrogen-bond donors (Lipinski definition) is 0. The standard InChI is InChI=1S/C27H19N2O2.C17H20N.Ir/c1-16(2)18-11-12-28-22(13-18)20-10-6-9-19-21-14-25-23(15-24(21)30-26(19)20)29-27(31-25)17-7-4-3-5-8-17;1-12(2)14-6-5-7-16(10-14)17-11-15(13(3)4)8-9-18-17;/h3-9,11-16H,1-2H3;5-6,8-13H,1-4H3;/q2*-1;. The fourth-order valence-corrected chi connectivity index (χ4v) is 5.94. The number of benzene rings is 4. The van der Waals surface area contributed by atoms with Gasteiger partial charge in [-0.15, -0.1) is 53.6 Å². The summed E-state index contributed by atoms with van der Waals surface area (Å²) in [5.41, 5.74) is 11.7. The molecule has 50 heavy (non-hydrogen) atoms. The molecule has 0 saturated carbocycles. The summed E-state index contributed by atoms with van der Waals surface area (Å²) in [4.78, 5) is 13.7. The molecule has 0 aliphatic carbocycles. The van der Waals surface area contributed by atoms with Gasteiger partial charge < -0.3 is 18.8 Å². The summed E-state index contributed by atoms with van der Waals surface area (Å²) in [5.74, 6) is 2.09. The Kier molecular flexibility index (Phi) is 10.4. The zero-order valence-electron chi connectivity index (χ0n) is 29.1. The summed E-state index contributed by atoms with van der Waals surface area (Å²) < 4.78 is 12.4. The molecule has 4 aromatic heterocycles. The summed E-state index contributed by atoms with van der Waals surface area (Å²) in [5, 5.41) is 2.01. The number of pyridine rings is 2. The van der Waals surface area contributed by atoms with Crippen molar-refractivity contribution < 1.29 is 28.9 Å². The summed E-state index contributed by atoms with van der Waals surface area (Å²) >= 11 is 0. The van der Waals surface area contributed by atoms with Crippen molar-refractivity contribution in [1.29, 1.82) is 0 Å². The summed E-state index contributed by atoms with van der Waals surface area (Å²) in [6.45, 7) is 13.2. The van der Waals surface area contributed by atoms with E-state index in [1.807, 2.05) is 73.1 Å². The molecule has 0 saturated heterocycles. The van der Waals surface area contributed by atoms with Crippen LogP contribution in [0.4, 0.5) is 0 Å². The van der Waals surface area contributed by atoms with Gasteiger partial charge in [-0.3, -0.25) is 0 Å². The minimum Gasteiger partial charge on any atom is -0.501 e. The first-order valence-electron chi connectivity index (χ1n) is 16.9. The second-order valence-electron chi connectivity index (χ2n) is 13.3.